The van der Waals surface area contributed by atoms with Gasteiger partial charge < -0.3 is 14.7 Å². The van der Waals surface area contributed by atoms with Gasteiger partial charge in [0.25, 0.3) is 11.5 Å². The van der Waals surface area contributed by atoms with Crippen LogP contribution in [0.3, 0.4) is 0 Å². The van der Waals surface area contributed by atoms with Gasteiger partial charge in [0, 0.05) is 25.7 Å². The molecule has 0 aliphatic carbocycles. The molecule has 7 nitrogen and oxygen atoms in total. The molecule has 1 unspecified atom stereocenters. The molecule has 26 heavy (non-hydrogen) atoms. The van der Waals surface area contributed by atoms with E-state index < -0.39 is 0 Å². The zero-order valence-corrected chi connectivity index (χ0v) is 14.5. The third-order valence-corrected chi connectivity index (χ3v) is 4.75. The van der Waals surface area contributed by atoms with Crippen molar-refractivity contribution in [3.8, 4) is 0 Å². The summed E-state index contributed by atoms with van der Waals surface area (Å²) < 4.78 is 5.46. The Kier molecular flexibility index (Phi) is 4.30. The van der Waals surface area contributed by atoms with Crippen molar-refractivity contribution >= 4 is 17.0 Å². The summed E-state index contributed by atoms with van der Waals surface area (Å²) in [6.45, 7) is 4.24. The molecule has 2 aromatic heterocycles. The van der Waals surface area contributed by atoms with Crippen LogP contribution in [0.4, 0.5) is 0 Å². The number of hydrogen-bond acceptors (Lipinski definition) is 5. The van der Waals surface area contributed by atoms with Crippen LogP contribution in [0.15, 0.2) is 45.9 Å². The Morgan fingerprint density at radius 2 is 2.19 bits per heavy atom. The second-order valence-electron chi connectivity index (χ2n) is 6.62. The minimum atomic E-state index is -0.367. The van der Waals surface area contributed by atoms with E-state index in [4.69, 9.17) is 4.42 Å². The van der Waals surface area contributed by atoms with E-state index in [-0.39, 0.29) is 34.2 Å². The van der Waals surface area contributed by atoms with Gasteiger partial charge in [0.05, 0.1) is 11.9 Å². The van der Waals surface area contributed by atoms with Crippen molar-refractivity contribution in [2.75, 3.05) is 13.1 Å². The number of carbonyl (C=O) groups excluding carboxylic acids is 1. The lowest BCUT2D eigenvalue weighted by Crippen LogP contribution is -2.37. The number of benzene rings is 1. The minimum absolute atomic E-state index is 0.0475. The van der Waals surface area contributed by atoms with Crippen molar-refractivity contribution in [3.05, 3.63) is 63.9 Å². The maximum atomic E-state index is 12.7. The average molecular weight is 352 g/mol. The van der Waals surface area contributed by atoms with Crippen molar-refractivity contribution in [2.45, 2.75) is 25.9 Å². The molecular formula is C19H20N4O3. The Morgan fingerprint density at radius 1 is 1.38 bits per heavy atom. The molecular weight excluding hydrogens is 332 g/mol. The van der Waals surface area contributed by atoms with Crippen LogP contribution in [0.5, 0.6) is 0 Å². The van der Waals surface area contributed by atoms with Crippen LogP contribution < -0.4 is 10.9 Å². The van der Waals surface area contributed by atoms with Crippen molar-refractivity contribution in [1.82, 2.24) is 20.2 Å². The summed E-state index contributed by atoms with van der Waals surface area (Å²) in [5.41, 5.74) is 1.35. The van der Waals surface area contributed by atoms with Crippen LogP contribution in [-0.4, -0.2) is 39.9 Å². The predicted molar refractivity (Wildman–Crippen MR) is 97.0 cm³/mol. The first-order valence-corrected chi connectivity index (χ1v) is 8.66. The number of rotatable bonds is 4. The first kappa shape index (κ1) is 16.5. The van der Waals surface area contributed by atoms with E-state index in [1.54, 1.807) is 6.92 Å². The average Bonchev–Trinajstić information content (AvgIpc) is 3.20. The number of aromatic nitrogens is 2. The van der Waals surface area contributed by atoms with Crippen LogP contribution in [0.2, 0.25) is 0 Å². The Bertz CT molecular complexity index is 993. The molecule has 0 spiro atoms. The molecule has 1 fully saturated rings. The monoisotopic (exact) mass is 352 g/mol. The number of hydrogen-bond donors (Lipinski definition) is 2. The highest BCUT2D eigenvalue weighted by molar-refractivity contribution is 6.06. The van der Waals surface area contributed by atoms with Crippen molar-refractivity contribution in [3.63, 3.8) is 0 Å². The molecule has 0 radical (unpaired) electrons. The zero-order chi connectivity index (χ0) is 18.1. The molecule has 1 aliphatic rings. The molecule has 1 saturated heterocycles. The molecule has 7 heteroatoms. The highest BCUT2D eigenvalue weighted by Crippen LogP contribution is 2.21. The highest BCUT2D eigenvalue weighted by Gasteiger charge is 2.27. The van der Waals surface area contributed by atoms with Gasteiger partial charge in [-0.25, -0.2) is 4.98 Å². The lowest BCUT2D eigenvalue weighted by atomic mass is 10.1. The number of aryl methyl sites for hydroxylation is 1. The van der Waals surface area contributed by atoms with Crippen LogP contribution in [0, 0.1) is 6.92 Å². The van der Waals surface area contributed by atoms with Crippen LogP contribution >= 0.6 is 0 Å². The minimum Gasteiger partial charge on any atom is -0.442 e. The first-order chi connectivity index (χ1) is 12.6. The summed E-state index contributed by atoms with van der Waals surface area (Å²) in [6.07, 6.45) is 2.15. The first-order valence-electron chi connectivity index (χ1n) is 8.66. The zero-order valence-electron chi connectivity index (χ0n) is 14.5. The third-order valence-electron chi connectivity index (χ3n) is 4.75. The second kappa shape index (κ2) is 6.76. The number of nitrogens with one attached hydrogen (secondary N) is 2. The number of H-pyrrole nitrogens is 1. The van der Waals surface area contributed by atoms with Gasteiger partial charge in [0.2, 0.25) is 5.71 Å². The Balaban J connectivity index is 1.46. The normalized spacial score (nSPS) is 17.7. The van der Waals surface area contributed by atoms with E-state index in [9.17, 15) is 9.59 Å². The molecule has 3 heterocycles. The lowest BCUT2D eigenvalue weighted by Gasteiger charge is -2.16. The standard InChI is InChI=1S/C19H20N4O3/c1-12-15(16-17(24)20-11-21-19(16)26-12)18(25)22-14-7-8-23(10-14)9-13-5-3-2-4-6-13/h2-6,11,14H,7-10H2,1H3,(H,22,25)(H,20,21,24). The van der Waals surface area contributed by atoms with Gasteiger partial charge >= 0.3 is 0 Å². The maximum absolute atomic E-state index is 12.7. The molecule has 1 aromatic carbocycles. The fraction of sp³-hybridized carbons (Fsp3) is 0.316. The largest absolute Gasteiger partial charge is 0.442 e. The quantitative estimate of drug-likeness (QED) is 0.747. The molecule has 1 atom stereocenters. The SMILES string of the molecule is Cc1oc2nc[nH]c(=O)c2c1C(=O)NC1CCN(Cc2ccccc2)C1. The van der Waals surface area contributed by atoms with Crippen molar-refractivity contribution in [2.24, 2.45) is 0 Å². The molecule has 134 valence electrons. The molecule has 3 aromatic rings. The summed E-state index contributed by atoms with van der Waals surface area (Å²) in [5, 5.41) is 3.25. The molecule has 2 N–H and O–H groups in total. The summed E-state index contributed by atoms with van der Waals surface area (Å²) in [6, 6.07) is 10.3. The Labute approximate surface area is 150 Å². The molecule has 0 bridgehead atoms. The van der Waals surface area contributed by atoms with Crippen LogP contribution in [0.25, 0.3) is 11.1 Å². The van der Waals surface area contributed by atoms with Gasteiger partial charge in [-0.2, -0.15) is 0 Å². The van der Waals surface area contributed by atoms with Gasteiger partial charge in [0.15, 0.2) is 0 Å². The number of fused-ring (bicyclic) bond motifs is 1. The fourth-order valence-corrected chi connectivity index (χ4v) is 3.52. The predicted octanol–water partition coefficient (Wildman–Crippen LogP) is 1.83. The second-order valence-corrected chi connectivity index (χ2v) is 6.62. The van der Waals surface area contributed by atoms with Gasteiger partial charge in [-0.3, -0.25) is 14.5 Å². The molecule has 1 aliphatic heterocycles. The van der Waals surface area contributed by atoms with Crippen molar-refractivity contribution < 1.29 is 9.21 Å². The van der Waals surface area contributed by atoms with Gasteiger partial charge in [-0.15, -0.1) is 0 Å². The summed E-state index contributed by atoms with van der Waals surface area (Å²) in [4.78, 5) is 33.6. The topological polar surface area (TPSA) is 91.2 Å². The van der Waals surface area contributed by atoms with Crippen LogP contribution in [0.1, 0.15) is 28.1 Å². The summed E-state index contributed by atoms with van der Waals surface area (Å²) in [7, 11) is 0. The third kappa shape index (κ3) is 3.13. The number of nitrogens with zero attached hydrogens (tertiary/aromatic N) is 2. The number of likely N-dealkylation sites (tertiary alicyclic amines) is 1. The van der Waals surface area contributed by atoms with E-state index in [0.29, 0.717) is 5.76 Å². The Hall–Kier alpha value is -2.93. The number of carbonyl (C=O) groups is 1. The summed E-state index contributed by atoms with van der Waals surface area (Å²) >= 11 is 0. The number of furan rings is 1. The highest BCUT2D eigenvalue weighted by atomic mass is 16.3. The van der Waals surface area contributed by atoms with Crippen LogP contribution in [-0.2, 0) is 6.54 Å². The number of aromatic amines is 1. The van der Waals surface area contributed by atoms with E-state index in [2.05, 4.69) is 32.3 Å². The van der Waals surface area contributed by atoms with E-state index in [0.717, 1.165) is 26.1 Å². The van der Waals surface area contributed by atoms with E-state index in [1.807, 2.05) is 18.2 Å². The van der Waals surface area contributed by atoms with Crippen molar-refractivity contribution in [1.29, 1.82) is 0 Å². The van der Waals surface area contributed by atoms with E-state index >= 15 is 0 Å². The number of amides is 1. The smallest absolute Gasteiger partial charge is 0.262 e. The molecule has 0 saturated carbocycles. The molecule has 1 amide bonds. The van der Waals surface area contributed by atoms with Gasteiger partial charge in [-0.05, 0) is 18.9 Å². The summed E-state index contributed by atoms with van der Waals surface area (Å²) in [5.74, 6) is 0.118. The molecule has 4 rings (SSSR count). The van der Waals surface area contributed by atoms with Gasteiger partial charge in [0.1, 0.15) is 11.1 Å². The van der Waals surface area contributed by atoms with Gasteiger partial charge in [-0.1, -0.05) is 30.3 Å². The Morgan fingerprint density at radius 3 is 3.00 bits per heavy atom. The maximum Gasteiger partial charge on any atom is 0.262 e. The lowest BCUT2D eigenvalue weighted by molar-refractivity contribution is 0.0937. The fourth-order valence-electron chi connectivity index (χ4n) is 3.52. The van der Waals surface area contributed by atoms with E-state index in [1.165, 1.54) is 11.9 Å².